The van der Waals surface area contributed by atoms with Gasteiger partial charge in [-0.15, -0.1) is 0 Å². The van der Waals surface area contributed by atoms with Crippen molar-refractivity contribution in [3.8, 4) is 11.5 Å². The summed E-state index contributed by atoms with van der Waals surface area (Å²) in [6, 6.07) is 12.2. The molecule has 0 atom stereocenters. The van der Waals surface area contributed by atoms with Gasteiger partial charge >= 0.3 is 0 Å². The van der Waals surface area contributed by atoms with Crippen LogP contribution in [0.4, 0.5) is 5.69 Å². The molecule has 1 aliphatic rings. The maximum Gasteiger partial charge on any atom is 0.271 e. The Hall–Kier alpha value is -3.02. The number of ether oxygens (including phenoxy) is 2. The number of carbonyl (C=O) groups is 1. The van der Waals surface area contributed by atoms with Crippen molar-refractivity contribution >= 4 is 17.3 Å². The lowest BCUT2D eigenvalue weighted by Gasteiger charge is -2.18. The summed E-state index contributed by atoms with van der Waals surface area (Å²) in [5.41, 5.74) is 10.8. The van der Waals surface area contributed by atoms with Gasteiger partial charge in [0, 0.05) is 16.8 Å². The van der Waals surface area contributed by atoms with Gasteiger partial charge in [0.05, 0.1) is 5.71 Å². The minimum Gasteiger partial charge on any atom is -0.486 e. The molecule has 0 aromatic heterocycles. The van der Waals surface area contributed by atoms with E-state index in [1.165, 1.54) is 0 Å². The van der Waals surface area contributed by atoms with Crippen LogP contribution in [0.1, 0.15) is 22.8 Å². The van der Waals surface area contributed by atoms with Crippen molar-refractivity contribution in [3.05, 3.63) is 53.6 Å². The number of fused-ring (bicyclic) bond motifs is 1. The van der Waals surface area contributed by atoms with Crippen LogP contribution >= 0.6 is 0 Å². The van der Waals surface area contributed by atoms with E-state index in [4.69, 9.17) is 15.2 Å². The first-order valence-electron chi connectivity index (χ1n) is 7.24. The van der Waals surface area contributed by atoms with E-state index in [0.717, 1.165) is 11.3 Å². The number of nitrogens with zero attached hydrogens (tertiary/aromatic N) is 1. The Morgan fingerprint density at radius 3 is 2.43 bits per heavy atom. The molecule has 1 aliphatic heterocycles. The van der Waals surface area contributed by atoms with Gasteiger partial charge in [0.2, 0.25) is 0 Å². The van der Waals surface area contributed by atoms with E-state index >= 15 is 0 Å². The SMILES string of the molecule is C/C(=N\NC(=O)c1ccc(N)cc1)c1ccc2c(c1)OCCO2. The van der Waals surface area contributed by atoms with Crippen molar-refractivity contribution in [1.82, 2.24) is 5.43 Å². The molecular weight excluding hydrogens is 294 g/mol. The van der Waals surface area contributed by atoms with E-state index in [0.29, 0.717) is 35.9 Å². The maximum atomic E-state index is 12.0. The fourth-order valence-electron chi connectivity index (χ4n) is 2.17. The summed E-state index contributed by atoms with van der Waals surface area (Å²) in [5, 5.41) is 4.13. The Labute approximate surface area is 133 Å². The zero-order chi connectivity index (χ0) is 16.2. The lowest BCUT2D eigenvalue weighted by atomic mass is 10.1. The number of nitrogens with two attached hydrogens (primary N) is 1. The maximum absolute atomic E-state index is 12.0. The molecule has 1 heterocycles. The largest absolute Gasteiger partial charge is 0.486 e. The first-order valence-corrected chi connectivity index (χ1v) is 7.24. The molecule has 6 heteroatoms. The number of nitrogen functional groups attached to an aromatic ring is 1. The van der Waals surface area contributed by atoms with Crippen molar-refractivity contribution in [1.29, 1.82) is 0 Å². The predicted octanol–water partition coefficient (Wildman–Crippen LogP) is 2.19. The third-order valence-electron chi connectivity index (χ3n) is 3.46. The quantitative estimate of drug-likeness (QED) is 0.517. The highest BCUT2D eigenvalue weighted by Crippen LogP contribution is 2.30. The van der Waals surface area contributed by atoms with Crippen LogP contribution in [0.5, 0.6) is 11.5 Å². The molecule has 6 nitrogen and oxygen atoms in total. The second-order valence-electron chi connectivity index (χ2n) is 5.12. The van der Waals surface area contributed by atoms with E-state index in [9.17, 15) is 4.79 Å². The Bertz CT molecular complexity index is 754. The predicted molar refractivity (Wildman–Crippen MR) is 88.0 cm³/mol. The summed E-state index contributed by atoms with van der Waals surface area (Å²) in [4.78, 5) is 12.0. The van der Waals surface area contributed by atoms with Crippen LogP contribution < -0.4 is 20.6 Å². The fraction of sp³-hybridized carbons (Fsp3) is 0.176. The number of amides is 1. The van der Waals surface area contributed by atoms with E-state index < -0.39 is 0 Å². The number of rotatable bonds is 3. The highest BCUT2D eigenvalue weighted by molar-refractivity contribution is 6.01. The van der Waals surface area contributed by atoms with Crippen LogP contribution in [-0.2, 0) is 0 Å². The van der Waals surface area contributed by atoms with Crippen molar-refractivity contribution < 1.29 is 14.3 Å². The Morgan fingerprint density at radius 2 is 1.70 bits per heavy atom. The smallest absolute Gasteiger partial charge is 0.271 e. The van der Waals surface area contributed by atoms with Crippen molar-refractivity contribution in [3.63, 3.8) is 0 Å². The van der Waals surface area contributed by atoms with Gasteiger partial charge in [-0.2, -0.15) is 5.10 Å². The van der Waals surface area contributed by atoms with Gasteiger partial charge < -0.3 is 15.2 Å². The zero-order valence-corrected chi connectivity index (χ0v) is 12.7. The molecule has 118 valence electrons. The number of hydrogen-bond donors (Lipinski definition) is 2. The number of hydrazone groups is 1. The minimum atomic E-state index is -0.290. The molecule has 1 amide bonds. The number of anilines is 1. The molecule has 0 saturated heterocycles. The van der Waals surface area contributed by atoms with Gasteiger partial charge in [-0.1, -0.05) is 0 Å². The molecule has 0 fully saturated rings. The molecule has 0 aliphatic carbocycles. The normalized spacial score (nSPS) is 13.5. The fourth-order valence-corrected chi connectivity index (χ4v) is 2.17. The molecule has 0 radical (unpaired) electrons. The van der Waals surface area contributed by atoms with Crippen molar-refractivity contribution in [2.75, 3.05) is 18.9 Å². The Kier molecular flexibility index (Phi) is 4.14. The van der Waals surface area contributed by atoms with Crippen LogP contribution in [0, 0.1) is 0 Å². The van der Waals surface area contributed by atoms with Gasteiger partial charge in [-0.05, 0) is 49.4 Å². The Balaban J connectivity index is 1.72. The summed E-state index contributed by atoms with van der Waals surface area (Å²) < 4.78 is 11.0. The molecule has 2 aromatic carbocycles. The first kappa shape index (κ1) is 14.9. The number of nitrogens with one attached hydrogen (secondary N) is 1. The molecule has 0 unspecified atom stereocenters. The van der Waals surface area contributed by atoms with Crippen molar-refractivity contribution in [2.45, 2.75) is 6.92 Å². The summed E-state index contributed by atoms with van der Waals surface area (Å²) in [5.74, 6) is 1.12. The highest BCUT2D eigenvalue weighted by Gasteiger charge is 2.13. The second-order valence-corrected chi connectivity index (χ2v) is 5.12. The summed E-state index contributed by atoms with van der Waals surface area (Å²) in [6.07, 6.45) is 0. The van der Waals surface area contributed by atoms with E-state index in [2.05, 4.69) is 10.5 Å². The van der Waals surface area contributed by atoms with E-state index in [-0.39, 0.29) is 5.91 Å². The molecule has 0 spiro atoms. The van der Waals surface area contributed by atoms with Crippen LogP contribution in [0.2, 0.25) is 0 Å². The van der Waals surface area contributed by atoms with Gasteiger partial charge in [0.1, 0.15) is 13.2 Å². The molecule has 2 aromatic rings. The second kappa shape index (κ2) is 6.39. The monoisotopic (exact) mass is 311 g/mol. The Morgan fingerprint density at radius 1 is 1.04 bits per heavy atom. The third kappa shape index (κ3) is 3.42. The van der Waals surface area contributed by atoms with Crippen LogP contribution in [0.25, 0.3) is 0 Å². The van der Waals surface area contributed by atoms with Crippen LogP contribution in [0.3, 0.4) is 0 Å². The molecular formula is C17H17N3O3. The molecule has 0 bridgehead atoms. The summed E-state index contributed by atoms with van der Waals surface area (Å²) in [6.45, 7) is 2.90. The molecule has 23 heavy (non-hydrogen) atoms. The van der Waals surface area contributed by atoms with Crippen LogP contribution in [-0.4, -0.2) is 24.8 Å². The number of carbonyl (C=O) groups excluding carboxylic acids is 1. The van der Waals surface area contributed by atoms with E-state index in [1.54, 1.807) is 24.3 Å². The third-order valence-corrected chi connectivity index (χ3v) is 3.46. The van der Waals surface area contributed by atoms with Gasteiger partial charge in [0.15, 0.2) is 11.5 Å². The average Bonchev–Trinajstić information content (AvgIpc) is 2.59. The lowest BCUT2D eigenvalue weighted by molar-refractivity contribution is 0.0955. The molecule has 0 saturated carbocycles. The number of hydrogen-bond acceptors (Lipinski definition) is 5. The van der Waals surface area contributed by atoms with E-state index in [1.807, 2.05) is 25.1 Å². The summed E-state index contributed by atoms with van der Waals surface area (Å²) in [7, 11) is 0. The lowest BCUT2D eigenvalue weighted by Crippen LogP contribution is -2.19. The first-order chi connectivity index (χ1) is 11.1. The standard InChI is InChI=1S/C17H17N3O3/c1-11(13-4-7-15-16(10-13)23-9-8-22-15)19-20-17(21)12-2-5-14(18)6-3-12/h2-7,10H,8-9,18H2,1H3,(H,20,21)/b19-11+. The minimum absolute atomic E-state index is 0.290. The van der Waals surface area contributed by atoms with Crippen molar-refractivity contribution in [2.24, 2.45) is 5.10 Å². The average molecular weight is 311 g/mol. The topological polar surface area (TPSA) is 85.9 Å². The van der Waals surface area contributed by atoms with Gasteiger partial charge in [-0.25, -0.2) is 5.43 Å². The van der Waals surface area contributed by atoms with Gasteiger partial charge in [0.25, 0.3) is 5.91 Å². The number of benzene rings is 2. The molecule has 3 N–H and O–H groups in total. The van der Waals surface area contributed by atoms with Gasteiger partial charge in [-0.3, -0.25) is 4.79 Å². The van der Waals surface area contributed by atoms with Crippen LogP contribution in [0.15, 0.2) is 47.6 Å². The summed E-state index contributed by atoms with van der Waals surface area (Å²) >= 11 is 0. The highest BCUT2D eigenvalue weighted by atomic mass is 16.6. The zero-order valence-electron chi connectivity index (χ0n) is 12.7. The molecule has 3 rings (SSSR count).